The van der Waals surface area contributed by atoms with Gasteiger partial charge >= 0.3 is 6.18 Å². The summed E-state index contributed by atoms with van der Waals surface area (Å²) < 4.78 is 53.3. The lowest BCUT2D eigenvalue weighted by Crippen LogP contribution is -2.10. The molecule has 0 bridgehead atoms. The minimum Gasteiger partial charge on any atom is -0.333 e. The Morgan fingerprint density at radius 2 is 1.57 bits per heavy atom. The maximum atomic E-state index is 13.8. The van der Waals surface area contributed by atoms with Crippen LogP contribution in [-0.4, -0.2) is 7.05 Å². The predicted molar refractivity (Wildman–Crippen MR) is 83.6 cm³/mol. The number of alkyl halides is 3. The average Bonchev–Trinajstić information content (AvgIpc) is 2.55. The van der Waals surface area contributed by atoms with Gasteiger partial charge in [0.2, 0.25) is 0 Å². The van der Waals surface area contributed by atoms with Gasteiger partial charge in [0, 0.05) is 0 Å². The number of aryl methyl sites for hydroxylation is 1. The molecule has 2 aromatic carbocycles. The van der Waals surface area contributed by atoms with Crippen LogP contribution in [0.5, 0.6) is 0 Å². The van der Waals surface area contributed by atoms with E-state index in [9.17, 15) is 17.6 Å². The standard InChI is InChI=1S/C17H14F4.CH5N/c18-12-9-11-5-1-2-6-13(11)15(10-12)14-7-3-4-8-16(14)17(19,20)21;1-2/h3-4,7-10H,1-2,5-6H2;2H2,1H3. The first-order chi connectivity index (χ1) is 11.0. The molecule has 0 atom stereocenters. The molecule has 124 valence electrons. The van der Waals surface area contributed by atoms with Crippen LogP contribution in [0.15, 0.2) is 36.4 Å². The van der Waals surface area contributed by atoms with Crippen molar-refractivity contribution in [1.82, 2.24) is 0 Å². The smallest absolute Gasteiger partial charge is 0.333 e. The Balaban J connectivity index is 0.000000924. The van der Waals surface area contributed by atoms with Gasteiger partial charge in [0.05, 0.1) is 5.56 Å². The molecule has 0 amide bonds. The lowest BCUT2D eigenvalue weighted by molar-refractivity contribution is -0.137. The minimum absolute atomic E-state index is 0.0719. The summed E-state index contributed by atoms with van der Waals surface area (Å²) in [5.41, 5.74) is 5.95. The molecule has 0 radical (unpaired) electrons. The van der Waals surface area contributed by atoms with Crippen molar-refractivity contribution in [1.29, 1.82) is 0 Å². The number of benzene rings is 2. The van der Waals surface area contributed by atoms with E-state index in [1.54, 1.807) is 6.07 Å². The summed E-state index contributed by atoms with van der Waals surface area (Å²) >= 11 is 0. The lowest BCUT2D eigenvalue weighted by atomic mass is 9.84. The van der Waals surface area contributed by atoms with Gasteiger partial charge in [-0.05, 0) is 73.2 Å². The first kappa shape index (κ1) is 17.5. The third-order valence-electron chi connectivity index (χ3n) is 3.95. The molecule has 5 heteroatoms. The highest BCUT2D eigenvalue weighted by Gasteiger charge is 2.34. The van der Waals surface area contributed by atoms with Gasteiger partial charge in [-0.15, -0.1) is 0 Å². The minimum atomic E-state index is -4.44. The molecule has 0 spiro atoms. The Morgan fingerprint density at radius 3 is 2.26 bits per heavy atom. The van der Waals surface area contributed by atoms with E-state index in [4.69, 9.17) is 0 Å². The second-order valence-corrected chi connectivity index (χ2v) is 5.34. The zero-order chi connectivity index (χ0) is 17.0. The van der Waals surface area contributed by atoms with Gasteiger partial charge in [-0.3, -0.25) is 0 Å². The van der Waals surface area contributed by atoms with Gasteiger partial charge in [0.1, 0.15) is 5.82 Å². The molecular formula is C18H19F4N. The Bertz CT molecular complexity index is 677. The fourth-order valence-electron chi connectivity index (χ4n) is 3.03. The molecule has 0 unspecified atom stereocenters. The van der Waals surface area contributed by atoms with Crippen LogP contribution in [0.2, 0.25) is 0 Å². The Kier molecular flexibility index (Phi) is 5.42. The monoisotopic (exact) mass is 325 g/mol. The molecule has 0 heterocycles. The van der Waals surface area contributed by atoms with E-state index in [-0.39, 0.29) is 5.56 Å². The summed E-state index contributed by atoms with van der Waals surface area (Å²) in [4.78, 5) is 0. The van der Waals surface area contributed by atoms with Crippen LogP contribution >= 0.6 is 0 Å². The third-order valence-corrected chi connectivity index (χ3v) is 3.95. The number of halogens is 4. The van der Waals surface area contributed by atoms with Gasteiger partial charge in [-0.1, -0.05) is 18.2 Å². The maximum absolute atomic E-state index is 13.8. The second kappa shape index (κ2) is 7.13. The number of fused-ring (bicyclic) bond motifs is 1. The Morgan fingerprint density at radius 1 is 0.913 bits per heavy atom. The van der Waals surface area contributed by atoms with Crippen molar-refractivity contribution in [3.8, 4) is 11.1 Å². The van der Waals surface area contributed by atoms with Crippen molar-refractivity contribution in [3.05, 3.63) is 58.9 Å². The highest BCUT2D eigenvalue weighted by atomic mass is 19.4. The summed E-state index contributed by atoms with van der Waals surface area (Å²) in [5, 5.41) is 0. The fourth-order valence-corrected chi connectivity index (χ4v) is 3.03. The van der Waals surface area contributed by atoms with Gasteiger partial charge in [0.15, 0.2) is 0 Å². The molecule has 2 aromatic rings. The Hall–Kier alpha value is -1.88. The molecule has 1 aliphatic rings. The normalized spacial score (nSPS) is 13.8. The molecule has 0 saturated heterocycles. The van der Waals surface area contributed by atoms with Gasteiger partial charge < -0.3 is 5.73 Å². The first-order valence-electron chi connectivity index (χ1n) is 7.52. The third kappa shape index (κ3) is 3.72. The van der Waals surface area contributed by atoms with Gasteiger partial charge in [-0.2, -0.15) is 13.2 Å². The molecule has 23 heavy (non-hydrogen) atoms. The zero-order valence-electron chi connectivity index (χ0n) is 12.9. The van der Waals surface area contributed by atoms with Crippen molar-refractivity contribution < 1.29 is 17.6 Å². The zero-order valence-corrected chi connectivity index (χ0v) is 12.9. The van der Waals surface area contributed by atoms with Crippen molar-refractivity contribution >= 4 is 0 Å². The Labute approximate surface area is 133 Å². The highest BCUT2D eigenvalue weighted by Crippen LogP contribution is 2.40. The molecule has 1 aliphatic carbocycles. The molecular weight excluding hydrogens is 306 g/mol. The summed E-state index contributed by atoms with van der Waals surface area (Å²) in [6.07, 6.45) is -1.12. The topological polar surface area (TPSA) is 26.0 Å². The van der Waals surface area contributed by atoms with Crippen LogP contribution in [0.25, 0.3) is 11.1 Å². The molecule has 2 N–H and O–H groups in total. The molecule has 0 aliphatic heterocycles. The van der Waals surface area contributed by atoms with E-state index in [2.05, 4.69) is 5.73 Å². The van der Waals surface area contributed by atoms with Crippen LogP contribution in [-0.2, 0) is 19.0 Å². The number of rotatable bonds is 1. The SMILES string of the molecule is CN.Fc1cc2c(c(-c3ccccc3C(F)(F)F)c1)CCCC2. The van der Waals surface area contributed by atoms with Gasteiger partial charge in [-0.25, -0.2) is 4.39 Å². The van der Waals surface area contributed by atoms with Crippen molar-refractivity contribution in [2.75, 3.05) is 7.05 Å². The molecule has 0 saturated carbocycles. The van der Waals surface area contributed by atoms with Gasteiger partial charge in [0.25, 0.3) is 0 Å². The van der Waals surface area contributed by atoms with E-state index in [1.165, 1.54) is 31.3 Å². The van der Waals surface area contributed by atoms with E-state index in [1.807, 2.05) is 0 Å². The van der Waals surface area contributed by atoms with Crippen LogP contribution in [0, 0.1) is 5.82 Å². The first-order valence-corrected chi connectivity index (χ1v) is 7.52. The van der Waals surface area contributed by atoms with Crippen molar-refractivity contribution in [3.63, 3.8) is 0 Å². The largest absolute Gasteiger partial charge is 0.417 e. The van der Waals surface area contributed by atoms with E-state index >= 15 is 0 Å². The van der Waals surface area contributed by atoms with Crippen LogP contribution in [0.1, 0.15) is 29.5 Å². The highest BCUT2D eigenvalue weighted by molar-refractivity contribution is 5.73. The fraction of sp³-hybridized carbons (Fsp3) is 0.333. The summed E-state index contributed by atoms with van der Waals surface area (Å²) in [6.45, 7) is 0. The molecule has 0 aromatic heterocycles. The summed E-state index contributed by atoms with van der Waals surface area (Å²) in [6, 6.07) is 8.08. The molecule has 3 rings (SSSR count). The maximum Gasteiger partial charge on any atom is 0.417 e. The summed E-state index contributed by atoms with van der Waals surface area (Å²) in [7, 11) is 1.50. The molecule has 1 nitrogen and oxygen atoms in total. The average molecular weight is 325 g/mol. The second-order valence-electron chi connectivity index (χ2n) is 5.34. The van der Waals surface area contributed by atoms with Crippen LogP contribution in [0.3, 0.4) is 0 Å². The van der Waals surface area contributed by atoms with Crippen molar-refractivity contribution in [2.24, 2.45) is 5.73 Å². The predicted octanol–water partition coefficient (Wildman–Crippen LogP) is 4.97. The number of hydrogen-bond acceptors (Lipinski definition) is 1. The number of hydrogen-bond donors (Lipinski definition) is 1. The van der Waals surface area contributed by atoms with E-state index < -0.39 is 17.6 Å². The van der Waals surface area contributed by atoms with Crippen LogP contribution < -0.4 is 5.73 Å². The summed E-state index contributed by atoms with van der Waals surface area (Å²) in [5.74, 6) is -0.470. The van der Waals surface area contributed by atoms with Crippen LogP contribution in [0.4, 0.5) is 17.6 Å². The van der Waals surface area contributed by atoms with Crippen molar-refractivity contribution in [2.45, 2.75) is 31.9 Å². The van der Waals surface area contributed by atoms with E-state index in [0.717, 1.165) is 36.5 Å². The number of nitrogens with two attached hydrogens (primary N) is 1. The quantitative estimate of drug-likeness (QED) is 0.736. The lowest BCUT2D eigenvalue weighted by Gasteiger charge is -2.22. The van der Waals surface area contributed by atoms with E-state index in [0.29, 0.717) is 12.0 Å². The molecule has 0 fully saturated rings.